The van der Waals surface area contributed by atoms with Crippen molar-refractivity contribution in [1.82, 2.24) is 5.32 Å². The Morgan fingerprint density at radius 2 is 2.12 bits per heavy atom. The summed E-state index contributed by atoms with van der Waals surface area (Å²) in [5, 5.41) is 22.2. The number of carbonyl (C=O) groups is 1. The molecule has 1 aliphatic carbocycles. The van der Waals surface area contributed by atoms with Gasteiger partial charge in [0, 0.05) is 13.5 Å². The number of ether oxygens (including phenoxy) is 1. The Bertz CT molecular complexity index is 243. The van der Waals surface area contributed by atoms with Crippen molar-refractivity contribution < 1.29 is 19.7 Å². The molecule has 17 heavy (non-hydrogen) atoms. The van der Waals surface area contributed by atoms with Crippen molar-refractivity contribution in [2.75, 3.05) is 6.61 Å². The number of rotatable bonds is 7. The minimum absolute atomic E-state index is 0.197. The molecular formula is C12H23NO4. The van der Waals surface area contributed by atoms with Crippen LogP contribution in [0.15, 0.2) is 0 Å². The highest BCUT2D eigenvalue weighted by Gasteiger charge is 2.31. The highest BCUT2D eigenvalue weighted by Crippen LogP contribution is 2.31. The third-order valence-corrected chi connectivity index (χ3v) is 3.24. The van der Waals surface area contributed by atoms with Gasteiger partial charge in [0.25, 0.3) is 0 Å². The lowest BCUT2D eigenvalue weighted by Gasteiger charge is -2.33. The molecule has 100 valence electrons. The standard InChI is InChI=1S/C12H23NO4/c1-3-17-12(16)11(15)10(13-8(2)14)7-9-5-4-6-9/h9-12,15-16H,3-7H2,1-2H3,(H,13,14). The first-order valence-corrected chi connectivity index (χ1v) is 6.29. The molecule has 0 aromatic rings. The van der Waals surface area contributed by atoms with E-state index in [0.29, 0.717) is 18.9 Å². The van der Waals surface area contributed by atoms with Gasteiger partial charge in [-0.05, 0) is 19.3 Å². The maximum absolute atomic E-state index is 11.1. The SMILES string of the molecule is CCOC(O)C(O)C(CC1CCC1)NC(C)=O. The van der Waals surface area contributed by atoms with Gasteiger partial charge in [-0.25, -0.2) is 0 Å². The average molecular weight is 245 g/mol. The van der Waals surface area contributed by atoms with Gasteiger partial charge in [-0.2, -0.15) is 0 Å². The summed E-state index contributed by atoms with van der Waals surface area (Å²) >= 11 is 0. The first-order valence-electron chi connectivity index (χ1n) is 6.29. The van der Waals surface area contributed by atoms with Crippen LogP contribution in [0.3, 0.4) is 0 Å². The molecule has 0 aromatic carbocycles. The van der Waals surface area contributed by atoms with Gasteiger partial charge in [0.1, 0.15) is 6.10 Å². The van der Waals surface area contributed by atoms with Crippen molar-refractivity contribution >= 4 is 5.91 Å². The second kappa shape index (κ2) is 6.93. The van der Waals surface area contributed by atoms with Gasteiger partial charge in [-0.15, -0.1) is 0 Å². The predicted octanol–water partition coefficient (Wildman–Crippen LogP) is 0.397. The van der Waals surface area contributed by atoms with Gasteiger partial charge < -0.3 is 20.3 Å². The van der Waals surface area contributed by atoms with Crippen molar-refractivity contribution in [3.8, 4) is 0 Å². The quantitative estimate of drug-likeness (QED) is 0.567. The zero-order valence-electron chi connectivity index (χ0n) is 10.6. The summed E-state index contributed by atoms with van der Waals surface area (Å²) in [7, 11) is 0. The first kappa shape index (κ1) is 14.4. The zero-order chi connectivity index (χ0) is 12.8. The van der Waals surface area contributed by atoms with Gasteiger partial charge in [-0.1, -0.05) is 19.3 Å². The Kier molecular flexibility index (Phi) is 5.88. The number of hydrogen-bond acceptors (Lipinski definition) is 4. The van der Waals surface area contributed by atoms with E-state index >= 15 is 0 Å². The fourth-order valence-electron chi connectivity index (χ4n) is 2.10. The molecule has 1 amide bonds. The van der Waals surface area contributed by atoms with Gasteiger partial charge in [0.2, 0.25) is 5.91 Å². The molecule has 3 atom stereocenters. The van der Waals surface area contributed by atoms with Crippen LogP contribution in [0.1, 0.15) is 39.5 Å². The van der Waals surface area contributed by atoms with Crippen LogP contribution in [-0.2, 0) is 9.53 Å². The van der Waals surface area contributed by atoms with E-state index in [9.17, 15) is 15.0 Å². The summed E-state index contributed by atoms with van der Waals surface area (Å²) in [6.45, 7) is 3.48. The number of carbonyl (C=O) groups excluding carboxylic acids is 1. The van der Waals surface area contributed by atoms with E-state index in [-0.39, 0.29) is 5.91 Å². The molecule has 1 rings (SSSR count). The van der Waals surface area contributed by atoms with Crippen molar-refractivity contribution in [2.45, 2.75) is 58.0 Å². The lowest BCUT2D eigenvalue weighted by molar-refractivity contribution is -0.169. The average Bonchev–Trinajstić information content (AvgIpc) is 2.20. The molecule has 0 heterocycles. The molecule has 3 unspecified atom stereocenters. The van der Waals surface area contributed by atoms with Crippen molar-refractivity contribution in [2.24, 2.45) is 5.92 Å². The Hall–Kier alpha value is -0.650. The maximum atomic E-state index is 11.1. The van der Waals surface area contributed by atoms with Crippen LogP contribution >= 0.6 is 0 Å². The highest BCUT2D eigenvalue weighted by molar-refractivity contribution is 5.73. The Morgan fingerprint density at radius 1 is 1.47 bits per heavy atom. The summed E-state index contributed by atoms with van der Waals surface area (Å²) in [5.74, 6) is 0.340. The Labute approximate surface area is 102 Å². The van der Waals surface area contributed by atoms with E-state index < -0.39 is 18.4 Å². The highest BCUT2D eigenvalue weighted by atomic mass is 16.6. The fraction of sp³-hybridized carbons (Fsp3) is 0.917. The topological polar surface area (TPSA) is 78.8 Å². The molecule has 5 heteroatoms. The molecule has 0 spiro atoms. The molecule has 1 saturated carbocycles. The van der Waals surface area contributed by atoms with Crippen LogP contribution in [0, 0.1) is 5.92 Å². The van der Waals surface area contributed by atoms with Gasteiger partial charge >= 0.3 is 0 Å². The number of aliphatic hydroxyl groups is 2. The number of aliphatic hydroxyl groups excluding tert-OH is 2. The van der Waals surface area contributed by atoms with E-state index in [1.54, 1.807) is 6.92 Å². The summed E-state index contributed by atoms with van der Waals surface area (Å²) in [6.07, 6.45) is 1.87. The monoisotopic (exact) mass is 245 g/mol. The van der Waals surface area contributed by atoms with E-state index in [1.165, 1.54) is 13.3 Å². The third-order valence-electron chi connectivity index (χ3n) is 3.24. The van der Waals surface area contributed by atoms with E-state index in [0.717, 1.165) is 12.8 Å². The van der Waals surface area contributed by atoms with Crippen LogP contribution in [0.2, 0.25) is 0 Å². The zero-order valence-corrected chi connectivity index (χ0v) is 10.6. The molecule has 0 radical (unpaired) electrons. The summed E-state index contributed by atoms with van der Waals surface area (Å²) in [5.41, 5.74) is 0. The number of hydrogen-bond donors (Lipinski definition) is 3. The van der Waals surface area contributed by atoms with Crippen molar-refractivity contribution in [3.05, 3.63) is 0 Å². The smallest absolute Gasteiger partial charge is 0.217 e. The largest absolute Gasteiger partial charge is 0.386 e. The third kappa shape index (κ3) is 4.61. The Balaban J connectivity index is 2.49. The molecule has 5 nitrogen and oxygen atoms in total. The molecule has 0 aliphatic heterocycles. The molecular weight excluding hydrogens is 222 g/mol. The van der Waals surface area contributed by atoms with Crippen LogP contribution in [-0.4, -0.2) is 41.2 Å². The van der Waals surface area contributed by atoms with Gasteiger partial charge in [0.15, 0.2) is 6.29 Å². The molecule has 0 saturated heterocycles. The summed E-state index contributed by atoms with van der Waals surface area (Å²) < 4.78 is 4.95. The lowest BCUT2D eigenvalue weighted by Crippen LogP contribution is -2.50. The predicted molar refractivity (Wildman–Crippen MR) is 63.2 cm³/mol. The minimum atomic E-state index is -1.24. The van der Waals surface area contributed by atoms with E-state index in [2.05, 4.69) is 5.32 Å². The minimum Gasteiger partial charge on any atom is -0.386 e. The maximum Gasteiger partial charge on any atom is 0.217 e. The number of amides is 1. The van der Waals surface area contributed by atoms with Crippen LogP contribution < -0.4 is 5.32 Å². The molecule has 1 fully saturated rings. The van der Waals surface area contributed by atoms with Crippen LogP contribution in [0.5, 0.6) is 0 Å². The van der Waals surface area contributed by atoms with Crippen LogP contribution in [0.25, 0.3) is 0 Å². The van der Waals surface area contributed by atoms with Gasteiger partial charge in [-0.3, -0.25) is 4.79 Å². The first-order chi connectivity index (χ1) is 8.04. The molecule has 0 aromatic heterocycles. The van der Waals surface area contributed by atoms with Crippen molar-refractivity contribution in [3.63, 3.8) is 0 Å². The fourth-order valence-corrected chi connectivity index (χ4v) is 2.10. The lowest BCUT2D eigenvalue weighted by atomic mass is 9.80. The molecule has 0 bridgehead atoms. The summed E-state index contributed by atoms with van der Waals surface area (Å²) in [4.78, 5) is 11.1. The van der Waals surface area contributed by atoms with E-state index in [4.69, 9.17) is 4.74 Å². The van der Waals surface area contributed by atoms with Crippen molar-refractivity contribution in [1.29, 1.82) is 0 Å². The normalized spacial score (nSPS) is 21.4. The van der Waals surface area contributed by atoms with Gasteiger partial charge in [0.05, 0.1) is 6.04 Å². The molecule has 1 aliphatic rings. The molecule has 3 N–H and O–H groups in total. The van der Waals surface area contributed by atoms with Crippen LogP contribution in [0.4, 0.5) is 0 Å². The van der Waals surface area contributed by atoms with E-state index in [1.807, 2.05) is 0 Å². The number of nitrogens with one attached hydrogen (secondary N) is 1. The Morgan fingerprint density at radius 3 is 2.53 bits per heavy atom. The summed E-state index contributed by atoms with van der Waals surface area (Å²) in [6, 6.07) is -0.431. The second-order valence-corrected chi connectivity index (χ2v) is 4.68. The second-order valence-electron chi connectivity index (χ2n) is 4.68.